The minimum Gasteiger partial charge on any atom is -0.496 e. The maximum Gasteiger partial charge on any atom is 0.308 e. The zero-order valence-electron chi connectivity index (χ0n) is 23.3. The molecule has 0 saturated carbocycles. The van der Waals surface area contributed by atoms with Crippen molar-refractivity contribution in [3.63, 3.8) is 0 Å². The van der Waals surface area contributed by atoms with Crippen molar-refractivity contribution in [3.05, 3.63) is 53.6 Å². The van der Waals surface area contributed by atoms with Gasteiger partial charge in [-0.3, -0.25) is 14.4 Å². The number of hydrogen-bond donors (Lipinski definition) is 1. The molecule has 1 N–H and O–H groups in total. The second-order valence-corrected chi connectivity index (χ2v) is 12.3. The zero-order chi connectivity index (χ0) is 28.3. The van der Waals surface area contributed by atoms with Crippen LogP contribution in [0, 0.1) is 11.3 Å². The van der Waals surface area contributed by atoms with Gasteiger partial charge in [0, 0.05) is 41.3 Å². The third kappa shape index (κ3) is 6.58. The van der Waals surface area contributed by atoms with E-state index in [1.807, 2.05) is 48.7 Å². The molecule has 2 aliphatic rings. The van der Waals surface area contributed by atoms with E-state index in [-0.39, 0.29) is 30.2 Å². The van der Waals surface area contributed by atoms with Crippen LogP contribution in [0.5, 0.6) is 5.75 Å². The Balaban J connectivity index is 1.78. The lowest BCUT2D eigenvalue weighted by molar-refractivity contribution is -0.148. The lowest BCUT2D eigenvalue weighted by atomic mass is 9.94. The summed E-state index contributed by atoms with van der Waals surface area (Å²) >= 11 is 1.60. The number of fused-ring (bicyclic) bond motifs is 1. The normalized spacial score (nSPS) is 21.8. The summed E-state index contributed by atoms with van der Waals surface area (Å²) in [5, 5.41) is 9.50. The number of amides is 2. The average molecular weight is 555 g/mol. The van der Waals surface area contributed by atoms with E-state index in [2.05, 4.69) is 20.8 Å². The standard InChI is InChI=1S/C30H38N2O6S/c1-30(2,3)18-32-23-13-12-20(39-5)15-22(23)27(21-10-6-7-11-24(21)37-4)38-25(28(32)34)16-26(33)31-14-8-9-19(17-31)29(35)36/h6-7,10-13,15,19,25,27H,8-9,14,16-18H2,1-5H3,(H,35,36). The van der Waals surface area contributed by atoms with Gasteiger partial charge in [-0.1, -0.05) is 39.0 Å². The molecule has 210 valence electrons. The Kier molecular flexibility index (Phi) is 8.91. The topological polar surface area (TPSA) is 96.4 Å². The molecule has 3 atom stereocenters. The molecule has 2 aliphatic heterocycles. The van der Waals surface area contributed by atoms with Crippen molar-refractivity contribution < 1.29 is 29.0 Å². The molecule has 0 aliphatic carbocycles. The smallest absolute Gasteiger partial charge is 0.308 e. The van der Waals surface area contributed by atoms with Crippen LogP contribution < -0.4 is 9.64 Å². The number of ether oxygens (including phenoxy) is 2. The van der Waals surface area contributed by atoms with Crippen molar-refractivity contribution in [3.8, 4) is 5.75 Å². The van der Waals surface area contributed by atoms with Crippen LogP contribution in [0.3, 0.4) is 0 Å². The van der Waals surface area contributed by atoms with Gasteiger partial charge in [0.25, 0.3) is 5.91 Å². The number of hydrogen-bond acceptors (Lipinski definition) is 6. The third-order valence-corrected chi connectivity index (χ3v) is 7.91. The number of carbonyl (C=O) groups is 3. The molecule has 2 heterocycles. The largest absolute Gasteiger partial charge is 0.496 e. The summed E-state index contributed by atoms with van der Waals surface area (Å²) in [6, 6.07) is 13.6. The Morgan fingerprint density at radius 1 is 1.15 bits per heavy atom. The number of nitrogens with zero attached hydrogens (tertiary/aromatic N) is 2. The molecule has 1 fully saturated rings. The molecule has 0 bridgehead atoms. The van der Waals surface area contributed by atoms with Gasteiger partial charge in [-0.15, -0.1) is 11.8 Å². The van der Waals surface area contributed by atoms with Gasteiger partial charge in [0.2, 0.25) is 5.91 Å². The van der Waals surface area contributed by atoms with Crippen LogP contribution in [-0.2, 0) is 19.1 Å². The minimum atomic E-state index is -1.05. The van der Waals surface area contributed by atoms with Crippen LogP contribution in [0.25, 0.3) is 0 Å². The highest BCUT2D eigenvalue weighted by Crippen LogP contribution is 2.43. The summed E-state index contributed by atoms with van der Waals surface area (Å²) in [5.41, 5.74) is 2.14. The first-order valence-electron chi connectivity index (χ1n) is 13.3. The van der Waals surface area contributed by atoms with Crippen molar-refractivity contribution in [2.45, 2.75) is 57.1 Å². The summed E-state index contributed by atoms with van der Waals surface area (Å²) in [5.74, 6) is -1.42. The Bertz CT molecular complexity index is 1230. The second-order valence-electron chi connectivity index (χ2n) is 11.4. The fourth-order valence-corrected chi connectivity index (χ4v) is 5.74. The fraction of sp³-hybridized carbons (Fsp3) is 0.500. The van der Waals surface area contributed by atoms with E-state index in [4.69, 9.17) is 9.47 Å². The molecule has 0 aromatic heterocycles. The number of anilines is 1. The number of methoxy groups -OCH3 is 1. The Labute approximate surface area is 234 Å². The molecule has 4 rings (SSSR count). The number of rotatable bonds is 7. The number of carboxylic acid groups (broad SMARTS) is 1. The highest BCUT2D eigenvalue weighted by molar-refractivity contribution is 7.98. The molecular formula is C30H38N2O6S. The van der Waals surface area contributed by atoms with E-state index in [1.165, 1.54) is 0 Å². The van der Waals surface area contributed by atoms with Gasteiger partial charge in [-0.2, -0.15) is 0 Å². The summed E-state index contributed by atoms with van der Waals surface area (Å²) in [6.07, 6.45) is 1.29. The van der Waals surface area contributed by atoms with Crippen LogP contribution in [0.4, 0.5) is 5.69 Å². The molecule has 8 nitrogen and oxygen atoms in total. The molecule has 1 saturated heterocycles. The molecule has 2 aromatic carbocycles. The van der Waals surface area contributed by atoms with Crippen LogP contribution in [-0.4, -0.2) is 66.9 Å². The number of carbonyl (C=O) groups excluding carboxylic acids is 2. The summed E-state index contributed by atoms with van der Waals surface area (Å²) in [7, 11) is 1.60. The van der Waals surface area contributed by atoms with E-state index in [0.717, 1.165) is 21.7 Å². The molecule has 0 spiro atoms. The van der Waals surface area contributed by atoms with Crippen LogP contribution >= 0.6 is 11.8 Å². The molecule has 0 radical (unpaired) electrons. The predicted octanol–water partition coefficient (Wildman–Crippen LogP) is 5.00. The lowest BCUT2D eigenvalue weighted by Gasteiger charge is -2.33. The number of benzene rings is 2. The fourth-order valence-electron chi connectivity index (χ4n) is 5.29. The van der Waals surface area contributed by atoms with Crippen molar-refractivity contribution in [2.75, 3.05) is 37.9 Å². The Morgan fingerprint density at radius 2 is 1.90 bits per heavy atom. The molecule has 3 unspecified atom stereocenters. The van der Waals surface area contributed by atoms with Crippen LogP contribution in [0.2, 0.25) is 0 Å². The number of para-hydroxylation sites is 1. The highest BCUT2D eigenvalue weighted by atomic mass is 32.2. The van der Waals surface area contributed by atoms with Gasteiger partial charge in [0.15, 0.2) is 0 Å². The van der Waals surface area contributed by atoms with E-state index >= 15 is 0 Å². The van der Waals surface area contributed by atoms with Gasteiger partial charge in [-0.05, 0) is 48.8 Å². The first-order valence-corrected chi connectivity index (χ1v) is 14.5. The summed E-state index contributed by atoms with van der Waals surface area (Å²) in [6.45, 7) is 7.27. The summed E-state index contributed by atoms with van der Waals surface area (Å²) in [4.78, 5) is 43.6. The SMILES string of the molecule is COc1ccccc1C1OC(CC(=O)N2CCCC(C(=O)O)C2)C(=O)N(CC(C)(C)C)c2ccc(SC)cc21. The molecule has 2 aromatic rings. The van der Waals surface area contributed by atoms with E-state index in [1.54, 1.807) is 28.7 Å². The van der Waals surface area contributed by atoms with Crippen LogP contribution in [0.1, 0.15) is 57.3 Å². The van der Waals surface area contributed by atoms with Crippen molar-refractivity contribution >= 4 is 35.2 Å². The first kappa shape index (κ1) is 29.0. The van der Waals surface area contributed by atoms with E-state index in [0.29, 0.717) is 31.7 Å². The number of thioether (sulfide) groups is 1. The molecular weight excluding hydrogens is 516 g/mol. The quantitative estimate of drug-likeness (QED) is 0.481. The average Bonchev–Trinajstić information content (AvgIpc) is 3.02. The van der Waals surface area contributed by atoms with E-state index < -0.39 is 24.1 Å². The number of carboxylic acids is 1. The van der Waals surface area contributed by atoms with Crippen molar-refractivity contribution in [1.82, 2.24) is 4.90 Å². The van der Waals surface area contributed by atoms with Crippen LogP contribution in [0.15, 0.2) is 47.4 Å². The van der Waals surface area contributed by atoms with Gasteiger partial charge in [0.05, 0.1) is 19.4 Å². The van der Waals surface area contributed by atoms with Crippen molar-refractivity contribution in [1.29, 1.82) is 0 Å². The number of likely N-dealkylation sites (tertiary alicyclic amines) is 1. The minimum absolute atomic E-state index is 0.147. The molecule has 39 heavy (non-hydrogen) atoms. The Morgan fingerprint density at radius 3 is 2.56 bits per heavy atom. The highest BCUT2D eigenvalue weighted by Gasteiger charge is 2.41. The van der Waals surface area contributed by atoms with Gasteiger partial charge in [0.1, 0.15) is 18.0 Å². The van der Waals surface area contributed by atoms with Crippen molar-refractivity contribution in [2.24, 2.45) is 11.3 Å². The number of piperidine rings is 1. The van der Waals surface area contributed by atoms with E-state index in [9.17, 15) is 19.5 Å². The lowest BCUT2D eigenvalue weighted by Crippen LogP contribution is -2.47. The first-order chi connectivity index (χ1) is 18.5. The Hall–Kier alpha value is -3.04. The van der Waals surface area contributed by atoms with Gasteiger partial charge >= 0.3 is 5.97 Å². The molecule has 9 heteroatoms. The van der Waals surface area contributed by atoms with Gasteiger partial charge in [-0.25, -0.2) is 0 Å². The summed E-state index contributed by atoms with van der Waals surface area (Å²) < 4.78 is 12.3. The maximum absolute atomic E-state index is 14.2. The maximum atomic E-state index is 14.2. The van der Waals surface area contributed by atoms with Gasteiger partial charge < -0.3 is 24.4 Å². The molecule has 2 amide bonds. The third-order valence-electron chi connectivity index (χ3n) is 7.19. The number of aliphatic carboxylic acids is 1. The second kappa shape index (κ2) is 12.0. The monoisotopic (exact) mass is 554 g/mol. The zero-order valence-corrected chi connectivity index (χ0v) is 24.1. The predicted molar refractivity (Wildman–Crippen MR) is 151 cm³/mol.